The van der Waals surface area contributed by atoms with Crippen LogP contribution < -0.4 is 0 Å². The van der Waals surface area contributed by atoms with E-state index in [1.54, 1.807) is 41.5 Å². The summed E-state index contributed by atoms with van der Waals surface area (Å²) in [4.78, 5) is 51.8. The quantitative estimate of drug-likeness (QED) is 0.0809. The highest BCUT2D eigenvalue weighted by molar-refractivity contribution is 5.73. The van der Waals surface area contributed by atoms with Crippen molar-refractivity contribution < 1.29 is 72.8 Å². The largest absolute Gasteiger partial charge is 0.455 e. The van der Waals surface area contributed by atoms with E-state index in [-0.39, 0.29) is 6.42 Å². The smallest absolute Gasteiger partial charge is 0.308 e. The standard InChI is InChI=1S/C34H58O15/c1-8-9-10-11-12-13-14-15-24(38)44-28-27(46-31(41)20(4)5)26(45-30(40)19(2)3)23(17-36)43-33(28)49-34(18-37)29(47-32(42)21(6)7)25(39)22(16-35)48-34/h19-23,25-29,33,35-37,39H,8-18H2,1-7H3/t22-,23+,25-,26+,27-,28+,29+,33-,34+/m1/s1. The van der Waals surface area contributed by atoms with Gasteiger partial charge in [0.05, 0.1) is 31.0 Å². The van der Waals surface area contributed by atoms with Crippen LogP contribution in [-0.4, -0.2) is 119 Å². The van der Waals surface area contributed by atoms with E-state index in [2.05, 4.69) is 6.92 Å². The average molecular weight is 707 g/mol. The normalized spacial score (nSPS) is 30.1. The summed E-state index contributed by atoms with van der Waals surface area (Å²) in [5.74, 6) is -7.35. The fraction of sp³-hybridized carbons (Fsp3) is 0.882. The minimum Gasteiger partial charge on any atom is -0.455 e. The van der Waals surface area contributed by atoms with Crippen molar-refractivity contribution >= 4 is 23.9 Å². The van der Waals surface area contributed by atoms with Crippen molar-refractivity contribution in [2.75, 3.05) is 19.8 Å². The maximum Gasteiger partial charge on any atom is 0.308 e. The van der Waals surface area contributed by atoms with Crippen LogP contribution in [0.1, 0.15) is 99.8 Å². The number of ether oxygens (including phenoxy) is 7. The molecule has 4 N–H and O–H groups in total. The van der Waals surface area contributed by atoms with Gasteiger partial charge >= 0.3 is 23.9 Å². The first-order valence-electron chi connectivity index (χ1n) is 17.5. The minimum absolute atomic E-state index is 0.0245. The second-order valence-corrected chi connectivity index (χ2v) is 13.6. The molecular weight excluding hydrogens is 648 g/mol. The number of esters is 4. The molecular formula is C34H58O15. The van der Waals surface area contributed by atoms with Crippen LogP contribution in [0.5, 0.6) is 0 Å². The molecule has 2 rings (SSSR count). The van der Waals surface area contributed by atoms with Gasteiger partial charge in [-0.05, 0) is 6.42 Å². The van der Waals surface area contributed by atoms with E-state index < -0.39 is 116 Å². The number of aliphatic hydroxyl groups excluding tert-OH is 4. The first-order valence-corrected chi connectivity index (χ1v) is 17.5. The van der Waals surface area contributed by atoms with E-state index in [0.717, 1.165) is 38.5 Å². The van der Waals surface area contributed by atoms with Crippen LogP contribution in [0.25, 0.3) is 0 Å². The van der Waals surface area contributed by atoms with Crippen molar-refractivity contribution in [2.45, 2.75) is 155 Å². The molecule has 49 heavy (non-hydrogen) atoms. The first kappa shape index (κ1) is 42.8. The van der Waals surface area contributed by atoms with Crippen LogP contribution in [0, 0.1) is 17.8 Å². The Morgan fingerprint density at radius 1 is 0.673 bits per heavy atom. The fourth-order valence-corrected chi connectivity index (χ4v) is 5.37. The van der Waals surface area contributed by atoms with E-state index in [1.807, 2.05) is 0 Å². The van der Waals surface area contributed by atoms with Crippen molar-refractivity contribution in [3.8, 4) is 0 Å². The van der Waals surface area contributed by atoms with Crippen LogP contribution in [0.15, 0.2) is 0 Å². The van der Waals surface area contributed by atoms with Gasteiger partial charge in [-0.25, -0.2) is 0 Å². The van der Waals surface area contributed by atoms with Gasteiger partial charge in [0.1, 0.15) is 24.9 Å². The SMILES string of the molecule is CCCCCCCCCC(=O)O[C@@H]1[C@@H](O[C@]2(CO)O[C@H](CO)[C@@H](O)[C@@H]2OC(=O)C(C)C)O[C@@H](CO)[C@H](OC(=O)C(C)C)[C@H]1OC(=O)C(C)C. The molecule has 0 spiro atoms. The Hall–Kier alpha value is -2.40. The zero-order valence-electron chi connectivity index (χ0n) is 29.9. The lowest BCUT2D eigenvalue weighted by Gasteiger charge is -2.46. The maximum atomic E-state index is 13.3. The minimum atomic E-state index is -2.39. The lowest BCUT2D eigenvalue weighted by atomic mass is 9.97. The molecule has 15 nitrogen and oxygen atoms in total. The summed E-state index contributed by atoms with van der Waals surface area (Å²) in [6.45, 7) is 8.88. The molecule has 0 bridgehead atoms. The molecule has 2 heterocycles. The lowest BCUT2D eigenvalue weighted by Crippen LogP contribution is -2.65. The van der Waals surface area contributed by atoms with E-state index in [4.69, 9.17) is 33.2 Å². The van der Waals surface area contributed by atoms with E-state index in [9.17, 15) is 39.6 Å². The fourth-order valence-electron chi connectivity index (χ4n) is 5.37. The third-order valence-corrected chi connectivity index (χ3v) is 8.38. The molecule has 284 valence electrons. The molecule has 0 unspecified atom stereocenters. The Kier molecular flexibility index (Phi) is 17.8. The van der Waals surface area contributed by atoms with Gasteiger partial charge in [0, 0.05) is 6.42 Å². The third kappa shape index (κ3) is 11.8. The molecule has 0 aromatic rings. The van der Waals surface area contributed by atoms with Gasteiger partial charge in [0.15, 0.2) is 24.4 Å². The molecule has 0 radical (unpaired) electrons. The molecule has 0 amide bonds. The van der Waals surface area contributed by atoms with Crippen LogP contribution in [0.4, 0.5) is 0 Å². The summed E-state index contributed by atoms with van der Waals surface area (Å²) >= 11 is 0. The molecule has 15 heteroatoms. The second kappa shape index (κ2) is 20.4. The third-order valence-electron chi connectivity index (χ3n) is 8.38. The molecule has 0 aromatic carbocycles. The maximum absolute atomic E-state index is 13.3. The zero-order chi connectivity index (χ0) is 36.9. The predicted octanol–water partition coefficient (Wildman–Crippen LogP) is 1.92. The molecule has 0 aliphatic carbocycles. The van der Waals surface area contributed by atoms with Crippen LogP contribution in [0.2, 0.25) is 0 Å². The molecule has 0 saturated carbocycles. The number of carbonyl (C=O) groups excluding carboxylic acids is 4. The van der Waals surface area contributed by atoms with E-state index in [1.165, 1.54) is 0 Å². The lowest BCUT2D eigenvalue weighted by molar-refractivity contribution is -0.384. The van der Waals surface area contributed by atoms with Gasteiger partial charge in [-0.2, -0.15) is 0 Å². The van der Waals surface area contributed by atoms with E-state index >= 15 is 0 Å². The molecule has 2 fully saturated rings. The Morgan fingerprint density at radius 3 is 1.69 bits per heavy atom. The molecule has 9 atom stereocenters. The summed E-state index contributed by atoms with van der Waals surface area (Å²) in [5.41, 5.74) is 0. The summed E-state index contributed by atoms with van der Waals surface area (Å²) in [6, 6.07) is 0. The second-order valence-electron chi connectivity index (χ2n) is 13.6. The number of unbranched alkanes of at least 4 members (excludes halogenated alkanes) is 6. The summed E-state index contributed by atoms with van der Waals surface area (Å²) < 4.78 is 40.6. The van der Waals surface area contributed by atoms with Gasteiger partial charge in [0.2, 0.25) is 12.1 Å². The van der Waals surface area contributed by atoms with Crippen molar-refractivity contribution in [3.05, 3.63) is 0 Å². The van der Waals surface area contributed by atoms with Gasteiger partial charge in [-0.3, -0.25) is 19.2 Å². The predicted molar refractivity (Wildman–Crippen MR) is 171 cm³/mol. The highest BCUT2D eigenvalue weighted by atomic mass is 16.8. The number of rotatable bonds is 20. The average Bonchev–Trinajstić information content (AvgIpc) is 3.32. The summed E-state index contributed by atoms with van der Waals surface area (Å²) in [5, 5.41) is 41.9. The van der Waals surface area contributed by atoms with Crippen LogP contribution in [-0.2, 0) is 52.3 Å². The molecule has 2 aliphatic heterocycles. The number of hydrogen-bond donors (Lipinski definition) is 4. The van der Waals surface area contributed by atoms with Crippen LogP contribution in [0.3, 0.4) is 0 Å². The van der Waals surface area contributed by atoms with Gasteiger partial charge in [0.25, 0.3) is 0 Å². The molecule has 2 aliphatic rings. The highest BCUT2D eigenvalue weighted by Crippen LogP contribution is 2.40. The molecule has 2 saturated heterocycles. The number of hydrogen-bond acceptors (Lipinski definition) is 15. The van der Waals surface area contributed by atoms with Crippen molar-refractivity contribution in [2.24, 2.45) is 17.8 Å². The van der Waals surface area contributed by atoms with Gasteiger partial charge in [-0.15, -0.1) is 0 Å². The topological polar surface area (TPSA) is 214 Å². The Labute approximate surface area is 288 Å². The Balaban J connectivity index is 2.55. The highest BCUT2D eigenvalue weighted by Gasteiger charge is 2.62. The zero-order valence-corrected chi connectivity index (χ0v) is 29.9. The number of carbonyl (C=O) groups is 4. The first-order chi connectivity index (χ1) is 23.2. The number of aliphatic hydroxyl groups is 4. The summed E-state index contributed by atoms with van der Waals surface area (Å²) in [7, 11) is 0. The van der Waals surface area contributed by atoms with Crippen molar-refractivity contribution in [1.29, 1.82) is 0 Å². The monoisotopic (exact) mass is 706 g/mol. The Morgan fingerprint density at radius 2 is 1.18 bits per heavy atom. The molecule has 0 aromatic heterocycles. The van der Waals surface area contributed by atoms with Crippen molar-refractivity contribution in [1.82, 2.24) is 0 Å². The van der Waals surface area contributed by atoms with Gasteiger partial charge in [-0.1, -0.05) is 87.0 Å². The Bertz CT molecular complexity index is 1050. The van der Waals surface area contributed by atoms with E-state index in [0.29, 0.717) is 6.42 Å². The van der Waals surface area contributed by atoms with Gasteiger partial charge < -0.3 is 53.6 Å². The van der Waals surface area contributed by atoms with Crippen molar-refractivity contribution in [3.63, 3.8) is 0 Å². The summed E-state index contributed by atoms with van der Waals surface area (Å²) in [6.07, 6.45) is -6.22. The van der Waals surface area contributed by atoms with Crippen LogP contribution >= 0.6 is 0 Å².